The highest BCUT2D eigenvalue weighted by molar-refractivity contribution is 5.81. The molecule has 4 heteroatoms. The number of fused-ring (bicyclic) bond motifs is 1. The van der Waals surface area contributed by atoms with Gasteiger partial charge in [-0.25, -0.2) is 0 Å². The van der Waals surface area contributed by atoms with Gasteiger partial charge in [-0.3, -0.25) is 10.00 Å². The van der Waals surface area contributed by atoms with Crippen LogP contribution in [0.1, 0.15) is 30.9 Å². The number of aromatic nitrogens is 2. The molecule has 0 radical (unpaired) electrons. The number of piperidine rings is 1. The molecule has 4 rings (SSSR count). The Bertz CT molecular complexity index is 831. The summed E-state index contributed by atoms with van der Waals surface area (Å²) in [4.78, 5) is 2.59. The van der Waals surface area contributed by atoms with E-state index >= 15 is 0 Å². The van der Waals surface area contributed by atoms with Crippen LogP contribution in [0, 0.1) is 0 Å². The maximum absolute atomic E-state index is 4.09. The van der Waals surface area contributed by atoms with E-state index < -0.39 is 0 Å². The lowest BCUT2D eigenvalue weighted by Gasteiger charge is -2.33. The lowest BCUT2D eigenvalue weighted by Crippen LogP contribution is -2.38. The number of likely N-dealkylation sites (tertiary alicyclic amines) is 1. The molecule has 1 aliphatic rings. The Morgan fingerprint density at radius 1 is 1.12 bits per heavy atom. The normalized spacial score (nSPS) is 16.4. The van der Waals surface area contributed by atoms with Gasteiger partial charge in [-0.05, 0) is 48.6 Å². The van der Waals surface area contributed by atoms with Gasteiger partial charge in [-0.1, -0.05) is 31.2 Å². The van der Waals surface area contributed by atoms with Crippen LogP contribution >= 0.6 is 0 Å². The van der Waals surface area contributed by atoms with Crippen LogP contribution in [-0.4, -0.2) is 34.2 Å². The number of rotatable bonds is 5. The number of hydrogen-bond acceptors (Lipinski definition) is 3. The van der Waals surface area contributed by atoms with E-state index in [0.717, 1.165) is 31.6 Å². The standard InChI is InChI=1S/C21H26N4/c1-2-16-5-3-4-6-17(16)15-25-11-9-19(10-12-25)23-20-7-8-21-18(13-20)14-22-24-21/h3-8,13-14,19,23H,2,9-12,15H2,1H3,(H,22,24). The monoisotopic (exact) mass is 334 g/mol. The van der Waals surface area contributed by atoms with Crippen LogP contribution in [0.2, 0.25) is 0 Å². The summed E-state index contributed by atoms with van der Waals surface area (Å²) in [6.45, 7) is 5.64. The lowest BCUT2D eigenvalue weighted by atomic mass is 10.0. The number of aromatic amines is 1. The minimum absolute atomic E-state index is 0.557. The lowest BCUT2D eigenvalue weighted by molar-refractivity contribution is 0.211. The smallest absolute Gasteiger partial charge is 0.0651 e. The predicted octanol–water partition coefficient (Wildman–Crippen LogP) is 4.20. The van der Waals surface area contributed by atoms with Crippen LogP contribution in [0.4, 0.5) is 5.69 Å². The first-order valence-corrected chi connectivity index (χ1v) is 9.30. The first-order chi connectivity index (χ1) is 12.3. The van der Waals surface area contributed by atoms with Crippen molar-refractivity contribution in [2.75, 3.05) is 18.4 Å². The number of nitrogens with one attached hydrogen (secondary N) is 2. The first kappa shape index (κ1) is 16.2. The molecule has 2 heterocycles. The van der Waals surface area contributed by atoms with Crippen molar-refractivity contribution in [3.63, 3.8) is 0 Å². The summed E-state index contributed by atoms with van der Waals surface area (Å²) in [7, 11) is 0. The summed E-state index contributed by atoms with van der Waals surface area (Å²) >= 11 is 0. The van der Waals surface area contributed by atoms with Crippen molar-refractivity contribution >= 4 is 16.6 Å². The van der Waals surface area contributed by atoms with Crippen molar-refractivity contribution in [2.24, 2.45) is 0 Å². The zero-order valence-electron chi connectivity index (χ0n) is 14.8. The van der Waals surface area contributed by atoms with E-state index in [1.807, 2.05) is 6.20 Å². The van der Waals surface area contributed by atoms with Crippen molar-refractivity contribution in [3.8, 4) is 0 Å². The predicted molar refractivity (Wildman–Crippen MR) is 104 cm³/mol. The van der Waals surface area contributed by atoms with Crippen molar-refractivity contribution in [3.05, 3.63) is 59.8 Å². The van der Waals surface area contributed by atoms with Crippen LogP contribution < -0.4 is 5.32 Å². The van der Waals surface area contributed by atoms with Crippen LogP contribution in [0.5, 0.6) is 0 Å². The number of H-pyrrole nitrogens is 1. The van der Waals surface area contributed by atoms with Gasteiger partial charge < -0.3 is 5.32 Å². The van der Waals surface area contributed by atoms with Crippen LogP contribution in [0.25, 0.3) is 10.9 Å². The van der Waals surface area contributed by atoms with E-state index in [1.165, 1.54) is 35.0 Å². The van der Waals surface area contributed by atoms with Gasteiger partial charge >= 0.3 is 0 Å². The van der Waals surface area contributed by atoms with Crippen molar-refractivity contribution in [1.29, 1.82) is 0 Å². The van der Waals surface area contributed by atoms with Gasteiger partial charge in [0.05, 0.1) is 11.7 Å². The Balaban J connectivity index is 1.33. The molecule has 0 spiro atoms. The first-order valence-electron chi connectivity index (χ1n) is 9.30. The average molecular weight is 334 g/mol. The Kier molecular flexibility index (Phi) is 4.70. The quantitative estimate of drug-likeness (QED) is 0.735. The minimum atomic E-state index is 0.557. The zero-order chi connectivity index (χ0) is 17.1. The molecule has 0 saturated carbocycles. The highest BCUT2D eigenvalue weighted by Crippen LogP contribution is 2.22. The van der Waals surface area contributed by atoms with Gasteiger partial charge in [-0.15, -0.1) is 0 Å². The molecule has 130 valence electrons. The average Bonchev–Trinajstić information content (AvgIpc) is 3.12. The number of hydrogen-bond donors (Lipinski definition) is 2. The summed E-state index contributed by atoms with van der Waals surface area (Å²) in [5.74, 6) is 0. The molecular formula is C21H26N4. The van der Waals surface area contributed by atoms with Gasteiger partial charge in [0.1, 0.15) is 0 Å². The Morgan fingerprint density at radius 3 is 2.72 bits per heavy atom. The third kappa shape index (κ3) is 3.69. The molecule has 1 saturated heterocycles. The molecule has 1 fully saturated rings. The summed E-state index contributed by atoms with van der Waals surface area (Å²) < 4.78 is 0. The molecule has 1 aliphatic heterocycles. The number of anilines is 1. The Morgan fingerprint density at radius 2 is 1.92 bits per heavy atom. The summed E-state index contributed by atoms with van der Waals surface area (Å²) in [5.41, 5.74) is 5.26. The van der Waals surface area contributed by atoms with Crippen LogP contribution in [0.3, 0.4) is 0 Å². The SMILES string of the molecule is CCc1ccccc1CN1CCC(Nc2ccc3[nH]ncc3c2)CC1. The van der Waals surface area contributed by atoms with E-state index in [-0.39, 0.29) is 0 Å². The second-order valence-electron chi connectivity index (χ2n) is 6.99. The Labute approximate surface area is 149 Å². The maximum Gasteiger partial charge on any atom is 0.0651 e. The van der Waals surface area contributed by atoms with E-state index in [1.54, 1.807) is 0 Å². The van der Waals surface area contributed by atoms with Crippen LogP contribution in [-0.2, 0) is 13.0 Å². The molecular weight excluding hydrogens is 308 g/mol. The summed E-state index contributed by atoms with van der Waals surface area (Å²) in [5, 5.41) is 12.0. The zero-order valence-corrected chi connectivity index (χ0v) is 14.8. The minimum Gasteiger partial charge on any atom is -0.382 e. The molecule has 0 unspecified atom stereocenters. The molecule has 0 atom stereocenters. The van der Waals surface area contributed by atoms with Gasteiger partial charge in [0.2, 0.25) is 0 Å². The van der Waals surface area contributed by atoms with E-state index in [4.69, 9.17) is 0 Å². The molecule has 0 amide bonds. The maximum atomic E-state index is 4.09. The third-order valence-electron chi connectivity index (χ3n) is 5.29. The largest absolute Gasteiger partial charge is 0.382 e. The number of nitrogens with zero attached hydrogens (tertiary/aromatic N) is 2. The molecule has 0 aliphatic carbocycles. The van der Waals surface area contributed by atoms with Crippen molar-refractivity contribution < 1.29 is 0 Å². The third-order valence-corrected chi connectivity index (χ3v) is 5.29. The van der Waals surface area contributed by atoms with Gasteiger partial charge in [-0.2, -0.15) is 5.10 Å². The second-order valence-corrected chi connectivity index (χ2v) is 6.99. The van der Waals surface area contributed by atoms with Crippen molar-refractivity contribution in [2.45, 2.75) is 38.8 Å². The molecule has 0 bridgehead atoms. The summed E-state index contributed by atoms with van der Waals surface area (Å²) in [6, 6.07) is 15.8. The van der Waals surface area contributed by atoms with Crippen molar-refractivity contribution in [1.82, 2.24) is 15.1 Å². The second kappa shape index (κ2) is 7.28. The van der Waals surface area contributed by atoms with Gasteiger partial charge in [0.25, 0.3) is 0 Å². The molecule has 3 aromatic rings. The fourth-order valence-electron chi connectivity index (χ4n) is 3.80. The summed E-state index contributed by atoms with van der Waals surface area (Å²) in [6.07, 6.45) is 5.38. The molecule has 2 aromatic carbocycles. The number of benzene rings is 2. The van der Waals surface area contributed by atoms with Gasteiger partial charge in [0, 0.05) is 36.7 Å². The fourth-order valence-corrected chi connectivity index (χ4v) is 3.80. The molecule has 25 heavy (non-hydrogen) atoms. The highest BCUT2D eigenvalue weighted by Gasteiger charge is 2.19. The van der Waals surface area contributed by atoms with E-state index in [0.29, 0.717) is 6.04 Å². The fraction of sp³-hybridized carbons (Fsp3) is 0.381. The topological polar surface area (TPSA) is 44.0 Å². The Hall–Kier alpha value is -2.33. The molecule has 2 N–H and O–H groups in total. The highest BCUT2D eigenvalue weighted by atomic mass is 15.1. The van der Waals surface area contributed by atoms with Gasteiger partial charge in [0.15, 0.2) is 0 Å². The van der Waals surface area contributed by atoms with E-state index in [2.05, 4.69) is 69.8 Å². The van der Waals surface area contributed by atoms with E-state index in [9.17, 15) is 0 Å². The number of aryl methyl sites for hydroxylation is 1. The molecule has 1 aromatic heterocycles. The van der Waals surface area contributed by atoms with Crippen LogP contribution in [0.15, 0.2) is 48.7 Å². The molecule has 4 nitrogen and oxygen atoms in total.